The van der Waals surface area contributed by atoms with Gasteiger partial charge in [-0.25, -0.2) is 0 Å². The van der Waals surface area contributed by atoms with E-state index < -0.39 is 0 Å². The minimum Gasteiger partial charge on any atom is -0.381 e. The zero-order chi connectivity index (χ0) is 21.6. The van der Waals surface area contributed by atoms with E-state index in [2.05, 4.69) is 20.5 Å². The van der Waals surface area contributed by atoms with Crippen LogP contribution in [0.4, 0.5) is 0 Å². The molecule has 2 fully saturated rings. The third kappa shape index (κ3) is 3.44. The Morgan fingerprint density at radius 2 is 2.10 bits per heavy atom. The third-order valence-corrected chi connectivity index (χ3v) is 6.75. The van der Waals surface area contributed by atoms with Crippen molar-refractivity contribution in [3.63, 3.8) is 0 Å². The van der Waals surface area contributed by atoms with Gasteiger partial charge in [0.2, 0.25) is 0 Å². The molecule has 5 heterocycles. The number of hydrogen-bond acceptors (Lipinski definition) is 7. The fraction of sp³-hybridized carbons (Fsp3) is 0.571. The monoisotopic (exact) mass is 425 g/mol. The Kier molecular flexibility index (Phi) is 4.88. The van der Waals surface area contributed by atoms with Crippen LogP contribution < -0.4 is 0 Å². The number of amides is 1. The lowest BCUT2D eigenvalue weighted by atomic mass is 9.72. The van der Waals surface area contributed by atoms with Crippen LogP contribution >= 0.6 is 0 Å². The molecule has 0 aliphatic carbocycles. The predicted molar refractivity (Wildman–Crippen MR) is 109 cm³/mol. The molecule has 3 aromatic heterocycles. The summed E-state index contributed by atoms with van der Waals surface area (Å²) < 4.78 is 14.8. The van der Waals surface area contributed by atoms with Crippen LogP contribution in [0.15, 0.2) is 23.2 Å². The lowest BCUT2D eigenvalue weighted by Gasteiger charge is -2.37. The molecule has 10 nitrogen and oxygen atoms in total. The molecule has 3 aromatic rings. The maximum Gasteiger partial charge on any atom is 0.276 e. The second-order valence-corrected chi connectivity index (χ2v) is 8.79. The van der Waals surface area contributed by atoms with E-state index in [4.69, 9.17) is 9.26 Å². The fourth-order valence-corrected chi connectivity index (χ4v) is 4.98. The van der Waals surface area contributed by atoms with Gasteiger partial charge in [0.15, 0.2) is 5.69 Å². The molecule has 2 aliphatic rings. The van der Waals surface area contributed by atoms with E-state index >= 15 is 0 Å². The van der Waals surface area contributed by atoms with Crippen LogP contribution in [0, 0.1) is 19.3 Å². The predicted octanol–water partition coefficient (Wildman–Crippen LogP) is 1.70. The minimum atomic E-state index is -0.105. The normalized spacial score (nSPS) is 20.6. The van der Waals surface area contributed by atoms with Crippen molar-refractivity contribution < 1.29 is 14.1 Å². The zero-order valence-electron chi connectivity index (χ0n) is 18.1. The Bertz CT molecular complexity index is 1090. The van der Waals surface area contributed by atoms with Gasteiger partial charge < -0.3 is 18.7 Å². The van der Waals surface area contributed by atoms with E-state index in [1.54, 1.807) is 17.2 Å². The first kappa shape index (κ1) is 19.9. The Hall–Kier alpha value is -3.01. The van der Waals surface area contributed by atoms with Crippen LogP contribution in [0.3, 0.4) is 0 Å². The summed E-state index contributed by atoms with van der Waals surface area (Å²) in [5.41, 5.74) is 2.14. The van der Waals surface area contributed by atoms with E-state index in [0.29, 0.717) is 44.3 Å². The lowest BCUT2D eigenvalue weighted by Crippen LogP contribution is -2.38. The number of ether oxygens (including phenoxy) is 1. The van der Waals surface area contributed by atoms with E-state index in [0.717, 1.165) is 29.8 Å². The number of likely N-dealkylation sites (tertiary alicyclic amines) is 1. The van der Waals surface area contributed by atoms with Crippen molar-refractivity contribution in [1.29, 1.82) is 0 Å². The van der Waals surface area contributed by atoms with E-state index in [1.807, 2.05) is 36.6 Å². The summed E-state index contributed by atoms with van der Waals surface area (Å²) in [6.07, 6.45) is 7.25. The van der Waals surface area contributed by atoms with Gasteiger partial charge in [-0.1, -0.05) is 5.16 Å². The number of carbonyl (C=O) groups excluding carboxylic acids is 1. The molecule has 5 rings (SSSR count). The van der Waals surface area contributed by atoms with Gasteiger partial charge in [-0.05, 0) is 32.3 Å². The summed E-state index contributed by atoms with van der Waals surface area (Å²) >= 11 is 0. The van der Waals surface area contributed by atoms with Crippen LogP contribution in [-0.4, -0.2) is 66.8 Å². The number of rotatable bonds is 4. The van der Waals surface area contributed by atoms with Gasteiger partial charge in [0.1, 0.15) is 17.9 Å². The Labute approximate surface area is 180 Å². The molecule has 164 valence electrons. The minimum absolute atomic E-state index is 0.0628. The Morgan fingerprint density at radius 3 is 2.77 bits per heavy atom. The first-order chi connectivity index (χ1) is 15.0. The van der Waals surface area contributed by atoms with Crippen molar-refractivity contribution in [2.24, 2.45) is 12.5 Å². The molecule has 1 amide bonds. The first-order valence-corrected chi connectivity index (χ1v) is 10.6. The van der Waals surface area contributed by atoms with Gasteiger partial charge in [0, 0.05) is 56.4 Å². The molecule has 0 saturated carbocycles. The maximum absolute atomic E-state index is 13.6. The summed E-state index contributed by atoms with van der Waals surface area (Å²) in [5, 5.41) is 16.9. The van der Waals surface area contributed by atoms with Gasteiger partial charge in [-0.2, -0.15) is 5.10 Å². The molecule has 2 saturated heterocycles. The molecule has 0 bridgehead atoms. The molecular weight excluding hydrogens is 398 g/mol. The smallest absolute Gasteiger partial charge is 0.276 e. The highest BCUT2D eigenvalue weighted by molar-refractivity contribution is 5.94. The van der Waals surface area contributed by atoms with Gasteiger partial charge in [-0.3, -0.25) is 9.48 Å². The van der Waals surface area contributed by atoms with Crippen LogP contribution in [0.1, 0.15) is 52.0 Å². The topological polar surface area (TPSA) is 104 Å². The zero-order valence-corrected chi connectivity index (χ0v) is 18.1. The van der Waals surface area contributed by atoms with E-state index in [1.165, 1.54) is 0 Å². The second kappa shape index (κ2) is 7.60. The van der Waals surface area contributed by atoms with Crippen molar-refractivity contribution in [3.8, 4) is 0 Å². The molecule has 31 heavy (non-hydrogen) atoms. The largest absolute Gasteiger partial charge is 0.381 e. The van der Waals surface area contributed by atoms with Gasteiger partial charge >= 0.3 is 0 Å². The molecule has 0 N–H and O–H groups in total. The van der Waals surface area contributed by atoms with E-state index in [9.17, 15) is 4.79 Å². The van der Waals surface area contributed by atoms with Crippen LogP contribution in [0.25, 0.3) is 0 Å². The third-order valence-electron chi connectivity index (χ3n) is 6.75. The van der Waals surface area contributed by atoms with Crippen molar-refractivity contribution >= 4 is 5.91 Å². The van der Waals surface area contributed by atoms with Crippen molar-refractivity contribution in [1.82, 2.24) is 34.6 Å². The number of hydrogen-bond donors (Lipinski definition) is 0. The Balaban J connectivity index is 1.44. The number of carbonyl (C=O) groups is 1. The molecule has 0 aromatic carbocycles. The Morgan fingerprint density at radius 1 is 1.29 bits per heavy atom. The molecule has 10 heteroatoms. The maximum atomic E-state index is 13.6. The number of aromatic nitrogens is 6. The standard InChI is InChI=1S/C21H27N7O3/c1-14-8-23-28(9-14)10-16-15(2)31-25-18(16)20(29)27-11-17(19-24-22-13-26(19)3)21(12-27)4-6-30-7-5-21/h8-9,13,17H,4-7,10-12H2,1-3H3. The average molecular weight is 425 g/mol. The van der Waals surface area contributed by atoms with Crippen LogP contribution in [0.5, 0.6) is 0 Å². The lowest BCUT2D eigenvalue weighted by molar-refractivity contribution is 0.0107. The average Bonchev–Trinajstić information content (AvgIpc) is 3.52. The van der Waals surface area contributed by atoms with Gasteiger partial charge in [0.25, 0.3) is 5.91 Å². The molecule has 1 unspecified atom stereocenters. The molecule has 1 spiro atoms. The highest BCUT2D eigenvalue weighted by Gasteiger charge is 2.51. The summed E-state index contributed by atoms with van der Waals surface area (Å²) in [6, 6.07) is 0. The number of nitrogens with zero attached hydrogens (tertiary/aromatic N) is 7. The van der Waals surface area contributed by atoms with Gasteiger partial charge in [0.05, 0.1) is 12.7 Å². The second-order valence-electron chi connectivity index (χ2n) is 8.79. The van der Waals surface area contributed by atoms with Gasteiger partial charge in [-0.15, -0.1) is 10.2 Å². The summed E-state index contributed by atoms with van der Waals surface area (Å²) in [5.74, 6) is 1.56. The molecule has 0 radical (unpaired) electrons. The van der Waals surface area contributed by atoms with Crippen LogP contribution in [-0.2, 0) is 18.3 Å². The van der Waals surface area contributed by atoms with Crippen molar-refractivity contribution in [2.45, 2.75) is 39.2 Å². The molecular formula is C21H27N7O3. The SMILES string of the molecule is Cc1cnn(Cc2c(C(=O)N3CC(c4nncn4C)C4(CCOCC4)C3)noc2C)c1. The highest BCUT2D eigenvalue weighted by atomic mass is 16.5. The molecule has 2 aliphatic heterocycles. The summed E-state index contributed by atoms with van der Waals surface area (Å²) in [7, 11) is 1.96. The first-order valence-electron chi connectivity index (χ1n) is 10.6. The quantitative estimate of drug-likeness (QED) is 0.627. The molecule has 1 atom stereocenters. The van der Waals surface area contributed by atoms with Crippen molar-refractivity contribution in [2.75, 3.05) is 26.3 Å². The highest BCUT2D eigenvalue weighted by Crippen LogP contribution is 2.49. The van der Waals surface area contributed by atoms with E-state index in [-0.39, 0.29) is 17.2 Å². The van der Waals surface area contributed by atoms with Crippen LogP contribution in [0.2, 0.25) is 0 Å². The number of aryl methyl sites for hydroxylation is 3. The fourth-order valence-electron chi connectivity index (χ4n) is 4.98. The summed E-state index contributed by atoms with van der Waals surface area (Å²) in [4.78, 5) is 15.5. The summed E-state index contributed by atoms with van der Waals surface area (Å²) in [6.45, 7) is 6.90. The van der Waals surface area contributed by atoms with Crippen molar-refractivity contribution in [3.05, 3.63) is 47.1 Å².